The highest BCUT2D eigenvalue weighted by Crippen LogP contribution is 2.39. The molecule has 2 aromatic rings. The third kappa shape index (κ3) is 2.69. The molecule has 0 amide bonds. The van der Waals surface area contributed by atoms with E-state index in [4.69, 9.17) is 14.2 Å². The number of hydrogen-bond donors (Lipinski definition) is 0. The van der Waals surface area contributed by atoms with Crippen LogP contribution in [0.3, 0.4) is 0 Å². The summed E-state index contributed by atoms with van der Waals surface area (Å²) in [5, 5.41) is 9.41. The van der Waals surface area contributed by atoms with Crippen molar-refractivity contribution < 1.29 is 27.4 Å². The van der Waals surface area contributed by atoms with Crippen LogP contribution in [-0.4, -0.2) is 41.5 Å². The number of ether oxygens (including phenoxy) is 3. The van der Waals surface area contributed by atoms with Gasteiger partial charge in [0.05, 0.1) is 21.3 Å². The van der Waals surface area contributed by atoms with Crippen molar-refractivity contribution in [1.82, 2.24) is 20.2 Å². The second-order valence-electron chi connectivity index (χ2n) is 3.79. The largest absolute Gasteiger partial charge is 0.496 e. The summed E-state index contributed by atoms with van der Waals surface area (Å²) in [6, 6.07) is 2.80. The summed E-state index contributed by atoms with van der Waals surface area (Å²) in [6.07, 6.45) is -4.72. The molecule has 0 bridgehead atoms. The van der Waals surface area contributed by atoms with Crippen molar-refractivity contribution in [2.24, 2.45) is 0 Å². The number of rotatable bonds is 4. The summed E-state index contributed by atoms with van der Waals surface area (Å²) < 4.78 is 54.4. The van der Waals surface area contributed by atoms with E-state index >= 15 is 0 Å². The Kier molecular flexibility index (Phi) is 3.87. The highest BCUT2D eigenvalue weighted by molar-refractivity contribution is 5.60. The second kappa shape index (κ2) is 5.46. The average Bonchev–Trinajstić information content (AvgIpc) is 2.94. The summed E-state index contributed by atoms with van der Waals surface area (Å²) in [7, 11) is 4.01. The van der Waals surface area contributed by atoms with E-state index in [0.29, 0.717) is 10.4 Å². The maximum absolute atomic E-state index is 12.9. The molecule has 0 aliphatic rings. The van der Waals surface area contributed by atoms with Gasteiger partial charge in [0.2, 0.25) is 0 Å². The van der Waals surface area contributed by atoms with Gasteiger partial charge in [-0.1, -0.05) is 0 Å². The molecule has 7 nitrogen and oxygen atoms in total. The predicted molar refractivity (Wildman–Crippen MR) is 63.8 cm³/mol. The van der Waals surface area contributed by atoms with Gasteiger partial charge in [-0.15, -0.1) is 5.10 Å². The lowest BCUT2D eigenvalue weighted by atomic mass is 10.2. The molecule has 0 saturated heterocycles. The quantitative estimate of drug-likeness (QED) is 0.856. The standard InChI is InChI=1S/C11H11F3N4O3/c1-19-6-4-7(20-2)9(8(5-6)21-3)18-10(11(12,13)14)15-16-17-18/h4-5H,1-3H3. The zero-order valence-electron chi connectivity index (χ0n) is 11.3. The van der Waals surface area contributed by atoms with Crippen molar-refractivity contribution in [2.75, 3.05) is 21.3 Å². The summed E-state index contributed by atoms with van der Waals surface area (Å²) in [5.74, 6) is -0.786. The van der Waals surface area contributed by atoms with Crippen LogP contribution < -0.4 is 14.2 Å². The Labute approximate surface area is 117 Å². The summed E-state index contributed by atoms with van der Waals surface area (Å²) in [5.41, 5.74) is -0.0712. The SMILES string of the molecule is COc1cc(OC)c(-n2nnnc2C(F)(F)F)c(OC)c1. The van der Waals surface area contributed by atoms with E-state index in [-0.39, 0.29) is 17.2 Å². The third-order valence-corrected chi connectivity index (χ3v) is 2.62. The van der Waals surface area contributed by atoms with Gasteiger partial charge in [-0.25, -0.2) is 0 Å². The molecule has 0 spiro atoms. The Morgan fingerprint density at radius 1 is 1.00 bits per heavy atom. The molecule has 1 heterocycles. The summed E-state index contributed by atoms with van der Waals surface area (Å²) in [4.78, 5) is 0. The molecule has 1 aromatic carbocycles. The molecule has 0 radical (unpaired) electrons. The van der Waals surface area contributed by atoms with Crippen LogP contribution in [0.2, 0.25) is 0 Å². The van der Waals surface area contributed by atoms with E-state index < -0.39 is 12.0 Å². The molecule has 0 N–H and O–H groups in total. The minimum atomic E-state index is -4.72. The van der Waals surface area contributed by atoms with Gasteiger partial charge < -0.3 is 14.2 Å². The smallest absolute Gasteiger partial charge is 0.453 e. The monoisotopic (exact) mass is 304 g/mol. The fraction of sp³-hybridized carbons (Fsp3) is 0.364. The topological polar surface area (TPSA) is 71.3 Å². The number of nitrogens with zero attached hydrogens (tertiary/aromatic N) is 4. The first-order valence-corrected chi connectivity index (χ1v) is 5.58. The lowest BCUT2D eigenvalue weighted by Gasteiger charge is -2.15. The first-order valence-electron chi connectivity index (χ1n) is 5.58. The van der Waals surface area contributed by atoms with Gasteiger partial charge in [0.1, 0.15) is 5.75 Å². The zero-order chi connectivity index (χ0) is 15.6. The molecule has 0 unspecified atom stereocenters. The van der Waals surface area contributed by atoms with Gasteiger partial charge in [-0.2, -0.15) is 17.9 Å². The Morgan fingerprint density at radius 3 is 2.00 bits per heavy atom. The van der Waals surface area contributed by atoms with Crippen molar-refractivity contribution in [3.8, 4) is 22.9 Å². The summed E-state index contributed by atoms with van der Waals surface area (Å²) >= 11 is 0. The molecule has 114 valence electrons. The van der Waals surface area contributed by atoms with Crippen molar-refractivity contribution in [1.29, 1.82) is 0 Å². The Morgan fingerprint density at radius 2 is 1.57 bits per heavy atom. The minimum absolute atomic E-state index is 0.0712. The van der Waals surface area contributed by atoms with Gasteiger partial charge in [-0.05, 0) is 10.4 Å². The van der Waals surface area contributed by atoms with Crippen LogP contribution in [0.25, 0.3) is 5.69 Å². The maximum atomic E-state index is 12.9. The van der Waals surface area contributed by atoms with Gasteiger partial charge in [-0.3, -0.25) is 0 Å². The number of benzene rings is 1. The van der Waals surface area contributed by atoms with Gasteiger partial charge in [0, 0.05) is 12.1 Å². The van der Waals surface area contributed by atoms with E-state index in [1.165, 1.54) is 33.5 Å². The van der Waals surface area contributed by atoms with Gasteiger partial charge in [0.25, 0.3) is 5.82 Å². The van der Waals surface area contributed by atoms with Crippen molar-refractivity contribution in [3.63, 3.8) is 0 Å². The van der Waals surface area contributed by atoms with E-state index in [2.05, 4.69) is 15.5 Å². The second-order valence-corrected chi connectivity index (χ2v) is 3.79. The van der Waals surface area contributed by atoms with Crippen molar-refractivity contribution in [2.45, 2.75) is 6.18 Å². The third-order valence-electron chi connectivity index (χ3n) is 2.62. The normalized spacial score (nSPS) is 11.3. The molecule has 0 saturated carbocycles. The van der Waals surface area contributed by atoms with Crippen LogP contribution in [0.4, 0.5) is 13.2 Å². The highest BCUT2D eigenvalue weighted by Gasteiger charge is 2.39. The number of tetrazole rings is 1. The number of aromatic nitrogens is 4. The lowest BCUT2D eigenvalue weighted by Crippen LogP contribution is -2.16. The number of halogens is 3. The number of hydrogen-bond acceptors (Lipinski definition) is 6. The highest BCUT2D eigenvalue weighted by atomic mass is 19.4. The first kappa shape index (κ1) is 14.9. The Bertz CT molecular complexity index is 617. The molecule has 0 fully saturated rings. The van der Waals surface area contributed by atoms with Crippen LogP contribution in [0.5, 0.6) is 17.2 Å². The van der Waals surface area contributed by atoms with E-state index in [0.717, 1.165) is 0 Å². The lowest BCUT2D eigenvalue weighted by molar-refractivity contribution is -0.146. The van der Waals surface area contributed by atoms with Crippen LogP contribution in [0.1, 0.15) is 5.82 Å². The Hall–Kier alpha value is -2.52. The van der Waals surface area contributed by atoms with Crippen LogP contribution in [0.15, 0.2) is 12.1 Å². The summed E-state index contributed by atoms with van der Waals surface area (Å²) in [6.45, 7) is 0. The van der Waals surface area contributed by atoms with Crippen molar-refractivity contribution >= 4 is 0 Å². The van der Waals surface area contributed by atoms with Crippen LogP contribution >= 0.6 is 0 Å². The molecule has 0 aliphatic heterocycles. The number of alkyl halides is 3. The molecule has 0 atom stereocenters. The molecular weight excluding hydrogens is 293 g/mol. The maximum Gasteiger partial charge on any atom is 0.453 e. The number of methoxy groups -OCH3 is 3. The minimum Gasteiger partial charge on any atom is -0.496 e. The first-order chi connectivity index (χ1) is 9.92. The van der Waals surface area contributed by atoms with E-state index in [1.807, 2.05) is 0 Å². The Balaban J connectivity index is 2.71. The van der Waals surface area contributed by atoms with Crippen molar-refractivity contribution in [3.05, 3.63) is 18.0 Å². The predicted octanol–water partition coefficient (Wildman–Crippen LogP) is 1.71. The molecule has 2 rings (SSSR count). The molecule has 21 heavy (non-hydrogen) atoms. The fourth-order valence-corrected chi connectivity index (χ4v) is 1.71. The average molecular weight is 304 g/mol. The van der Waals surface area contributed by atoms with E-state index in [9.17, 15) is 13.2 Å². The van der Waals surface area contributed by atoms with Crippen LogP contribution in [-0.2, 0) is 6.18 Å². The van der Waals surface area contributed by atoms with Crippen LogP contribution in [0, 0.1) is 0 Å². The van der Waals surface area contributed by atoms with Gasteiger partial charge in [0.15, 0.2) is 17.2 Å². The molecule has 0 aliphatic carbocycles. The van der Waals surface area contributed by atoms with E-state index in [1.54, 1.807) is 0 Å². The van der Waals surface area contributed by atoms with Gasteiger partial charge >= 0.3 is 6.18 Å². The molecule has 1 aromatic heterocycles. The zero-order valence-corrected chi connectivity index (χ0v) is 11.3. The molecular formula is C11H11F3N4O3. The molecule has 10 heteroatoms. The fourth-order valence-electron chi connectivity index (χ4n) is 1.71.